The van der Waals surface area contributed by atoms with Crippen molar-refractivity contribution in [1.29, 1.82) is 0 Å². The fraction of sp³-hybridized carbons (Fsp3) is 0.296. The zero-order valence-corrected chi connectivity index (χ0v) is 22.9. The Bertz CT molecular complexity index is 1270. The number of ether oxygens (including phenoxy) is 2. The van der Waals surface area contributed by atoms with Crippen molar-refractivity contribution in [2.24, 2.45) is 0 Å². The Balaban J connectivity index is 1.82. The Morgan fingerprint density at radius 1 is 1.00 bits per heavy atom. The van der Waals surface area contributed by atoms with E-state index in [9.17, 15) is 18.0 Å². The Labute approximate surface area is 227 Å². The summed E-state index contributed by atoms with van der Waals surface area (Å²) in [6.45, 7) is -0.392. The van der Waals surface area contributed by atoms with E-state index >= 15 is 0 Å². The molecule has 1 aromatic heterocycles. The molecule has 0 fully saturated rings. The second-order valence-electron chi connectivity index (χ2n) is 8.23. The highest BCUT2D eigenvalue weighted by molar-refractivity contribution is 7.98. The highest BCUT2D eigenvalue weighted by Gasteiger charge is 2.38. The van der Waals surface area contributed by atoms with Crippen LogP contribution in [0.3, 0.4) is 0 Å². The Hall–Kier alpha value is -3.41. The normalized spacial score (nSPS) is 12.1. The molecule has 3 aromatic rings. The van der Waals surface area contributed by atoms with Crippen molar-refractivity contribution in [2.45, 2.75) is 29.7 Å². The summed E-state index contributed by atoms with van der Waals surface area (Å²) in [4.78, 5) is 29.7. The molecule has 0 saturated carbocycles. The largest absolute Gasteiger partial charge is 0.497 e. The number of amides is 1. The second kappa shape index (κ2) is 14.5. The fourth-order valence-corrected chi connectivity index (χ4v) is 6.15. The van der Waals surface area contributed by atoms with Gasteiger partial charge in [-0.3, -0.25) is 14.6 Å². The standard InChI is InChI=1S/C27H31N3O6S2/c1-35-23-10-12-24(13-11-23)38(33,34)30(19-26(31)29-18-22-9-6-15-28-17-22)25(27(32)36-2)14-16-37-20-21-7-4-3-5-8-21/h3-13,15,17,25H,14,16,18-20H2,1-2H3,(H,29,31). The van der Waals surface area contributed by atoms with Gasteiger partial charge in [-0.1, -0.05) is 36.4 Å². The van der Waals surface area contributed by atoms with Crippen molar-refractivity contribution >= 4 is 33.7 Å². The van der Waals surface area contributed by atoms with Gasteiger partial charge >= 0.3 is 5.97 Å². The molecule has 1 unspecified atom stereocenters. The van der Waals surface area contributed by atoms with Crippen LogP contribution >= 0.6 is 11.8 Å². The molecule has 1 heterocycles. The summed E-state index contributed by atoms with van der Waals surface area (Å²) in [5, 5.41) is 2.71. The molecule has 1 atom stereocenters. The number of carbonyl (C=O) groups is 2. The maximum absolute atomic E-state index is 13.7. The van der Waals surface area contributed by atoms with Gasteiger partial charge in [-0.25, -0.2) is 8.42 Å². The van der Waals surface area contributed by atoms with Gasteiger partial charge in [-0.15, -0.1) is 0 Å². The topological polar surface area (TPSA) is 115 Å². The summed E-state index contributed by atoms with van der Waals surface area (Å²) in [6, 6.07) is 17.9. The van der Waals surface area contributed by atoms with Crippen molar-refractivity contribution in [2.75, 3.05) is 26.5 Å². The average Bonchev–Trinajstić information content (AvgIpc) is 2.96. The van der Waals surface area contributed by atoms with Gasteiger partial charge < -0.3 is 14.8 Å². The minimum Gasteiger partial charge on any atom is -0.497 e. The summed E-state index contributed by atoms with van der Waals surface area (Å²) < 4.78 is 38.5. The van der Waals surface area contributed by atoms with Gasteiger partial charge in [-0.05, 0) is 53.6 Å². The zero-order valence-electron chi connectivity index (χ0n) is 21.3. The number of pyridine rings is 1. The number of hydrogen-bond acceptors (Lipinski definition) is 8. The molecule has 0 aliphatic heterocycles. The third-order valence-corrected chi connectivity index (χ3v) is 8.58. The molecule has 38 heavy (non-hydrogen) atoms. The molecular formula is C27H31N3O6S2. The highest BCUT2D eigenvalue weighted by atomic mass is 32.2. The first kappa shape index (κ1) is 29.2. The number of esters is 1. The van der Waals surface area contributed by atoms with Crippen molar-refractivity contribution in [3.63, 3.8) is 0 Å². The van der Waals surface area contributed by atoms with Crippen LogP contribution in [0.2, 0.25) is 0 Å². The lowest BCUT2D eigenvalue weighted by Crippen LogP contribution is -2.50. The van der Waals surface area contributed by atoms with Gasteiger partial charge in [0.05, 0.1) is 25.7 Å². The smallest absolute Gasteiger partial charge is 0.324 e. The van der Waals surface area contributed by atoms with Gasteiger partial charge in [0, 0.05) is 24.7 Å². The van der Waals surface area contributed by atoms with Gasteiger partial charge in [0.25, 0.3) is 0 Å². The Morgan fingerprint density at radius 3 is 2.34 bits per heavy atom. The van der Waals surface area contributed by atoms with E-state index in [2.05, 4.69) is 10.3 Å². The molecule has 1 amide bonds. The molecule has 0 radical (unpaired) electrons. The summed E-state index contributed by atoms with van der Waals surface area (Å²) >= 11 is 1.56. The molecule has 1 N–H and O–H groups in total. The van der Waals surface area contributed by atoms with Crippen molar-refractivity contribution in [3.05, 3.63) is 90.3 Å². The maximum atomic E-state index is 13.7. The number of methoxy groups -OCH3 is 2. The predicted octanol–water partition coefficient (Wildman–Crippen LogP) is 3.26. The lowest BCUT2D eigenvalue weighted by atomic mass is 10.2. The van der Waals surface area contributed by atoms with Crippen LogP contribution < -0.4 is 10.1 Å². The molecule has 0 aliphatic carbocycles. The van der Waals surface area contributed by atoms with Gasteiger partial charge in [0.2, 0.25) is 15.9 Å². The van der Waals surface area contributed by atoms with E-state index in [1.807, 2.05) is 30.3 Å². The first-order valence-corrected chi connectivity index (χ1v) is 14.5. The SMILES string of the molecule is COC(=O)C(CCSCc1ccccc1)N(CC(=O)NCc1cccnc1)S(=O)(=O)c1ccc(OC)cc1. The number of aromatic nitrogens is 1. The molecule has 0 aliphatic rings. The summed E-state index contributed by atoms with van der Waals surface area (Å²) in [5.74, 6) is 0.359. The average molecular weight is 558 g/mol. The number of hydrogen-bond donors (Lipinski definition) is 1. The number of benzene rings is 2. The van der Waals surface area contributed by atoms with E-state index in [1.54, 1.807) is 36.3 Å². The molecule has 3 rings (SSSR count). The van der Waals surface area contributed by atoms with E-state index in [0.29, 0.717) is 17.3 Å². The number of nitrogens with one attached hydrogen (secondary N) is 1. The van der Waals surface area contributed by atoms with Crippen molar-refractivity contribution in [1.82, 2.24) is 14.6 Å². The minimum atomic E-state index is -4.25. The Morgan fingerprint density at radius 2 is 1.71 bits per heavy atom. The molecule has 9 nitrogen and oxygen atoms in total. The molecule has 0 spiro atoms. The van der Waals surface area contributed by atoms with E-state index < -0.39 is 34.5 Å². The van der Waals surface area contributed by atoms with Crippen molar-refractivity contribution in [3.8, 4) is 5.75 Å². The molecule has 0 bridgehead atoms. The fourth-order valence-electron chi connectivity index (χ4n) is 3.62. The van der Waals surface area contributed by atoms with Crippen LogP contribution in [0.25, 0.3) is 0 Å². The van der Waals surface area contributed by atoms with E-state index in [4.69, 9.17) is 9.47 Å². The van der Waals surface area contributed by atoms with Crippen LogP contribution in [0.4, 0.5) is 0 Å². The lowest BCUT2D eigenvalue weighted by Gasteiger charge is -2.28. The van der Waals surface area contributed by atoms with Crippen LogP contribution in [0.1, 0.15) is 17.5 Å². The van der Waals surface area contributed by atoms with Crippen LogP contribution in [0, 0.1) is 0 Å². The predicted molar refractivity (Wildman–Crippen MR) is 146 cm³/mol. The summed E-state index contributed by atoms with van der Waals surface area (Å²) in [5.41, 5.74) is 1.87. The van der Waals surface area contributed by atoms with Crippen LogP contribution in [0.15, 0.2) is 84.0 Å². The summed E-state index contributed by atoms with van der Waals surface area (Å²) in [6.07, 6.45) is 3.38. The lowest BCUT2D eigenvalue weighted by molar-refractivity contribution is -0.145. The highest BCUT2D eigenvalue weighted by Crippen LogP contribution is 2.24. The molecule has 202 valence electrons. The van der Waals surface area contributed by atoms with Gasteiger partial charge in [0.1, 0.15) is 11.8 Å². The first-order chi connectivity index (χ1) is 18.3. The van der Waals surface area contributed by atoms with Crippen LogP contribution in [0.5, 0.6) is 5.75 Å². The first-order valence-electron chi connectivity index (χ1n) is 11.9. The number of thioether (sulfide) groups is 1. The van der Waals surface area contributed by atoms with Crippen molar-refractivity contribution < 1.29 is 27.5 Å². The minimum absolute atomic E-state index is 0.0656. The third-order valence-electron chi connectivity index (χ3n) is 5.65. The molecule has 0 saturated heterocycles. The number of rotatable bonds is 14. The molecule has 2 aromatic carbocycles. The second-order valence-corrected chi connectivity index (χ2v) is 11.2. The number of nitrogens with zero attached hydrogens (tertiary/aromatic N) is 2. The number of carbonyl (C=O) groups excluding carboxylic acids is 2. The molecular weight excluding hydrogens is 526 g/mol. The zero-order chi connectivity index (χ0) is 27.4. The van der Waals surface area contributed by atoms with Gasteiger partial charge in [0.15, 0.2) is 0 Å². The Kier molecular flexibility index (Phi) is 11.1. The van der Waals surface area contributed by atoms with E-state index in [0.717, 1.165) is 15.4 Å². The molecule has 11 heteroatoms. The quantitative estimate of drug-likeness (QED) is 0.237. The van der Waals surface area contributed by atoms with Crippen LogP contribution in [-0.4, -0.2) is 62.1 Å². The summed E-state index contributed by atoms with van der Waals surface area (Å²) in [7, 11) is -1.58. The van der Waals surface area contributed by atoms with E-state index in [-0.39, 0.29) is 17.9 Å². The maximum Gasteiger partial charge on any atom is 0.324 e. The third kappa shape index (κ3) is 8.30. The van der Waals surface area contributed by atoms with Crippen LogP contribution in [-0.2, 0) is 36.6 Å². The number of sulfonamides is 1. The monoisotopic (exact) mass is 557 g/mol. The van der Waals surface area contributed by atoms with Gasteiger partial charge in [-0.2, -0.15) is 16.1 Å². The van der Waals surface area contributed by atoms with E-state index in [1.165, 1.54) is 38.5 Å².